The monoisotopic (exact) mass is 354 g/mol. The zero-order valence-electron chi connectivity index (χ0n) is 14.7. The molecule has 0 radical (unpaired) electrons. The molecule has 3 rings (SSSR count). The summed E-state index contributed by atoms with van der Waals surface area (Å²) in [6.07, 6.45) is 0. The molecule has 0 aliphatic rings. The van der Waals surface area contributed by atoms with Crippen LogP contribution in [0.1, 0.15) is 27.0 Å². The molecular formula is C22H20F2O2. The Hall–Kier alpha value is -3.01. The molecule has 0 bridgehead atoms. The molecule has 0 unspecified atom stereocenters. The minimum Gasteiger partial charge on any atom is -0.457 e. The Morgan fingerprint density at radius 2 is 1.15 bits per heavy atom. The van der Waals surface area contributed by atoms with Crippen molar-refractivity contribution in [1.29, 1.82) is 0 Å². The molecule has 0 spiro atoms. The van der Waals surface area contributed by atoms with Crippen LogP contribution in [0.25, 0.3) is 0 Å². The predicted octanol–water partition coefficient (Wildman–Crippen LogP) is 5.63. The summed E-state index contributed by atoms with van der Waals surface area (Å²) in [6.45, 7) is 4.14. The Labute approximate surface area is 152 Å². The number of rotatable bonds is 3. The van der Waals surface area contributed by atoms with E-state index in [4.69, 9.17) is 4.74 Å². The molecule has 0 aromatic heterocycles. The zero-order valence-corrected chi connectivity index (χ0v) is 14.7. The van der Waals surface area contributed by atoms with E-state index < -0.39 is 5.97 Å². The first-order valence-corrected chi connectivity index (χ1v) is 8.14. The van der Waals surface area contributed by atoms with E-state index in [9.17, 15) is 13.6 Å². The Bertz CT molecular complexity index is 803. The van der Waals surface area contributed by atoms with Crippen LogP contribution < -0.4 is 0 Å². The van der Waals surface area contributed by atoms with Crippen molar-refractivity contribution in [3.05, 3.63) is 107 Å². The normalized spacial score (nSPS) is 9.85. The highest BCUT2D eigenvalue weighted by atomic mass is 19.1. The quantitative estimate of drug-likeness (QED) is 0.570. The molecule has 2 nitrogen and oxygen atoms in total. The van der Waals surface area contributed by atoms with Gasteiger partial charge in [-0.25, -0.2) is 13.6 Å². The number of aryl methyl sites for hydroxylation is 2. The maximum atomic E-state index is 12.7. The fraction of sp³-hybridized carbons (Fsp3) is 0.136. The first-order chi connectivity index (χ1) is 12.4. The molecule has 0 amide bonds. The number of esters is 1. The minimum absolute atomic E-state index is 0.171. The van der Waals surface area contributed by atoms with Crippen LogP contribution in [0.5, 0.6) is 0 Å². The lowest BCUT2D eigenvalue weighted by molar-refractivity contribution is 0.0472. The van der Waals surface area contributed by atoms with Crippen molar-refractivity contribution in [1.82, 2.24) is 0 Å². The standard InChI is InChI=1S/C15H13FO2.C7H7F/c1-11-2-4-12(5-3-11)10-18-15(17)13-6-8-14(16)9-7-13;1-6-2-4-7(8)5-3-6/h2-9H,10H2,1H3;2-5H,1H3. The molecule has 0 aliphatic carbocycles. The van der Waals surface area contributed by atoms with Crippen LogP contribution in [0.4, 0.5) is 8.78 Å². The van der Waals surface area contributed by atoms with Gasteiger partial charge in [-0.2, -0.15) is 0 Å². The summed E-state index contributed by atoms with van der Waals surface area (Å²) in [7, 11) is 0. The lowest BCUT2D eigenvalue weighted by Gasteiger charge is -2.05. The third kappa shape index (κ3) is 6.48. The molecule has 26 heavy (non-hydrogen) atoms. The summed E-state index contributed by atoms with van der Waals surface area (Å²) >= 11 is 0. The summed E-state index contributed by atoms with van der Waals surface area (Å²) in [4.78, 5) is 11.7. The molecule has 0 heterocycles. The summed E-state index contributed by atoms with van der Waals surface area (Å²) in [5, 5.41) is 0. The van der Waals surface area contributed by atoms with Gasteiger partial charge in [0.15, 0.2) is 0 Å². The molecule has 0 N–H and O–H groups in total. The molecule has 4 heteroatoms. The lowest BCUT2D eigenvalue weighted by atomic mass is 10.2. The number of ether oxygens (including phenoxy) is 1. The topological polar surface area (TPSA) is 26.3 Å². The van der Waals surface area contributed by atoms with E-state index in [1.54, 1.807) is 12.1 Å². The second-order valence-corrected chi connectivity index (χ2v) is 5.86. The van der Waals surface area contributed by atoms with E-state index >= 15 is 0 Å². The molecule has 0 fully saturated rings. The molecule has 134 valence electrons. The van der Waals surface area contributed by atoms with Crippen molar-refractivity contribution >= 4 is 5.97 Å². The number of carbonyl (C=O) groups is 1. The fourth-order valence-electron chi connectivity index (χ4n) is 2.04. The largest absolute Gasteiger partial charge is 0.457 e. The first kappa shape index (κ1) is 19.3. The van der Waals surface area contributed by atoms with Crippen molar-refractivity contribution in [2.75, 3.05) is 0 Å². The predicted molar refractivity (Wildman–Crippen MR) is 97.8 cm³/mol. The van der Waals surface area contributed by atoms with Crippen molar-refractivity contribution < 1.29 is 18.3 Å². The van der Waals surface area contributed by atoms with Gasteiger partial charge in [-0.3, -0.25) is 0 Å². The zero-order chi connectivity index (χ0) is 18.9. The molecule has 0 aliphatic heterocycles. The van der Waals surface area contributed by atoms with E-state index in [2.05, 4.69) is 0 Å². The highest BCUT2D eigenvalue weighted by molar-refractivity contribution is 5.89. The molecular weight excluding hydrogens is 334 g/mol. The molecule has 3 aromatic carbocycles. The lowest BCUT2D eigenvalue weighted by Crippen LogP contribution is -2.05. The third-order valence-corrected chi connectivity index (χ3v) is 3.58. The van der Waals surface area contributed by atoms with Crippen LogP contribution in [0.2, 0.25) is 0 Å². The van der Waals surface area contributed by atoms with Gasteiger partial charge in [-0.05, 0) is 55.8 Å². The number of halogens is 2. The average Bonchev–Trinajstić information content (AvgIpc) is 2.64. The van der Waals surface area contributed by atoms with Crippen LogP contribution in [0.3, 0.4) is 0 Å². The summed E-state index contributed by atoms with van der Waals surface area (Å²) in [6, 6.07) is 19.4. The number of hydrogen-bond acceptors (Lipinski definition) is 2. The van der Waals surface area contributed by atoms with E-state index in [-0.39, 0.29) is 18.2 Å². The average molecular weight is 354 g/mol. The van der Waals surface area contributed by atoms with Crippen molar-refractivity contribution in [2.24, 2.45) is 0 Å². The van der Waals surface area contributed by atoms with Gasteiger partial charge in [-0.1, -0.05) is 47.5 Å². The maximum Gasteiger partial charge on any atom is 0.338 e. The van der Waals surface area contributed by atoms with Crippen molar-refractivity contribution in [2.45, 2.75) is 20.5 Å². The van der Waals surface area contributed by atoms with Gasteiger partial charge in [0.2, 0.25) is 0 Å². The van der Waals surface area contributed by atoms with Crippen LogP contribution >= 0.6 is 0 Å². The number of benzene rings is 3. The maximum absolute atomic E-state index is 12.7. The number of carbonyl (C=O) groups excluding carboxylic acids is 1. The van der Waals surface area contributed by atoms with Gasteiger partial charge >= 0.3 is 5.97 Å². The van der Waals surface area contributed by atoms with Gasteiger partial charge < -0.3 is 4.74 Å². The SMILES string of the molecule is Cc1ccc(COC(=O)c2ccc(F)cc2)cc1.Cc1ccc(F)cc1. The first-order valence-electron chi connectivity index (χ1n) is 8.14. The molecule has 0 saturated carbocycles. The van der Waals surface area contributed by atoms with Crippen LogP contribution in [-0.4, -0.2) is 5.97 Å². The van der Waals surface area contributed by atoms with Crippen molar-refractivity contribution in [3.8, 4) is 0 Å². The van der Waals surface area contributed by atoms with Gasteiger partial charge in [0.25, 0.3) is 0 Å². The van der Waals surface area contributed by atoms with Gasteiger partial charge in [0.1, 0.15) is 18.2 Å². The molecule has 0 saturated heterocycles. The Balaban J connectivity index is 0.000000254. The minimum atomic E-state index is -0.449. The Kier molecular flexibility index (Phi) is 7.03. The Morgan fingerprint density at radius 3 is 1.62 bits per heavy atom. The second kappa shape index (κ2) is 9.47. The van der Waals surface area contributed by atoms with Crippen molar-refractivity contribution in [3.63, 3.8) is 0 Å². The van der Waals surface area contributed by atoms with E-state index in [0.29, 0.717) is 5.56 Å². The van der Waals surface area contributed by atoms with E-state index in [0.717, 1.165) is 16.7 Å². The molecule has 0 atom stereocenters. The third-order valence-electron chi connectivity index (χ3n) is 3.58. The summed E-state index contributed by atoms with van der Waals surface area (Å²) < 4.78 is 29.9. The summed E-state index contributed by atoms with van der Waals surface area (Å²) in [5.74, 6) is -0.990. The van der Waals surface area contributed by atoms with Crippen LogP contribution in [0.15, 0.2) is 72.8 Å². The van der Waals surface area contributed by atoms with Gasteiger partial charge in [-0.15, -0.1) is 0 Å². The highest BCUT2D eigenvalue weighted by Crippen LogP contribution is 2.08. The number of hydrogen-bond donors (Lipinski definition) is 0. The van der Waals surface area contributed by atoms with E-state index in [1.807, 2.05) is 38.1 Å². The van der Waals surface area contributed by atoms with Crippen LogP contribution in [0, 0.1) is 25.5 Å². The smallest absolute Gasteiger partial charge is 0.338 e. The molecule has 3 aromatic rings. The second-order valence-electron chi connectivity index (χ2n) is 5.86. The summed E-state index contributed by atoms with van der Waals surface area (Å²) in [5.41, 5.74) is 3.52. The Morgan fingerprint density at radius 1 is 0.731 bits per heavy atom. The van der Waals surface area contributed by atoms with Gasteiger partial charge in [0.05, 0.1) is 5.56 Å². The highest BCUT2D eigenvalue weighted by Gasteiger charge is 2.07. The van der Waals surface area contributed by atoms with E-state index in [1.165, 1.54) is 36.4 Å². The van der Waals surface area contributed by atoms with Crippen LogP contribution in [-0.2, 0) is 11.3 Å². The van der Waals surface area contributed by atoms with Gasteiger partial charge in [0, 0.05) is 0 Å². The fourth-order valence-corrected chi connectivity index (χ4v) is 2.04.